The van der Waals surface area contributed by atoms with Crippen LogP contribution < -0.4 is 5.32 Å². The number of hydrogen-bond donors (Lipinski definition) is 1. The number of nitriles is 1. The van der Waals surface area contributed by atoms with Crippen LogP contribution in [0.5, 0.6) is 0 Å². The lowest BCUT2D eigenvalue weighted by Crippen LogP contribution is -2.40. The molecule has 0 atom stereocenters. The molecule has 1 rings (SSSR count). The molecule has 0 radical (unpaired) electrons. The zero-order valence-corrected chi connectivity index (χ0v) is 13.7. The highest BCUT2D eigenvalue weighted by Gasteiger charge is 2.13. The van der Waals surface area contributed by atoms with Crippen LogP contribution in [-0.4, -0.2) is 30.1 Å². The number of nitrogens with one attached hydrogen (secondary N) is 1. The maximum Gasteiger partial charge on any atom is 0.103 e. The van der Waals surface area contributed by atoms with Crippen LogP contribution >= 0.6 is 15.9 Å². The Morgan fingerprint density at radius 1 is 1.26 bits per heavy atom. The van der Waals surface area contributed by atoms with Gasteiger partial charge in [-0.1, -0.05) is 6.07 Å². The first-order valence-electron chi connectivity index (χ1n) is 6.65. The summed E-state index contributed by atoms with van der Waals surface area (Å²) in [7, 11) is 0. The monoisotopic (exact) mass is 323 g/mol. The third kappa shape index (κ3) is 4.52. The van der Waals surface area contributed by atoms with Crippen molar-refractivity contribution in [2.24, 2.45) is 0 Å². The SMILES string of the molecule is CC(C)N(CCNc1cccc(Br)c1C#N)C(C)C. The summed E-state index contributed by atoms with van der Waals surface area (Å²) >= 11 is 3.40. The zero-order chi connectivity index (χ0) is 14.4. The largest absolute Gasteiger partial charge is 0.383 e. The Morgan fingerprint density at radius 2 is 1.89 bits per heavy atom. The van der Waals surface area contributed by atoms with E-state index >= 15 is 0 Å². The molecule has 4 heteroatoms. The van der Waals surface area contributed by atoms with E-state index in [-0.39, 0.29) is 0 Å². The molecule has 0 spiro atoms. The van der Waals surface area contributed by atoms with Gasteiger partial charge in [-0.3, -0.25) is 4.90 Å². The Kier molecular flexibility index (Phi) is 6.33. The molecule has 0 aliphatic carbocycles. The normalized spacial score (nSPS) is 11.1. The molecule has 0 aliphatic heterocycles. The predicted molar refractivity (Wildman–Crippen MR) is 84.3 cm³/mol. The first-order chi connectivity index (χ1) is 8.97. The van der Waals surface area contributed by atoms with E-state index in [0.717, 1.165) is 23.2 Å². The third-order valence-electron chi connectivity index (χ3n) is 3.14. The van der Waals surface area contributed by atoms with Crippen LogP contribution in [0.3, 0.4) is 0 Å². The first-order valence-corrected chi connectivity index (χ1v) is 7.45. The molecule has 0 saturated heterocycles. The molecule has 0 unspecified atom stereocenters. The molecule has 1 aromatic rings. The van der Waals surface area contributed by atoms with E-state index in [1.165, 1.54) is 0 Å². The average molecular weight is 324 g/mol. The van der Waals surface area contributed by atoms with Crippen molar-refractivity contribution in [2.75, 3.05) is 18.4 Å². The van der Waals surface area contributed by atoms with E-state index in [9.17, 15) is 0 Å². The van der Waals surface area contributed by atoms with Crippen LogP contribution in [0.4, 0.5) is 5.69 Å². The molecule has 1 aromatic carbocycles. The molecule has 104 valence electrons. The molecule has 0 saturated carbocycles. The van der Waals surface area contributed by atoms with Crippen LogP contribution in [0.15, 0.2) is 22.7 Å². The minimum Gasteiger partial charge on any atom is -0.383 e. The van der Waals surface area contributed by atoms with Gasteiger partial charge in [0.2, 0.25) is 0 Å². The van der Waals surface area contributed by atoms with Gasteiger partial charge in [-0.05, 0) is 55.8 Å². The summed E-state index contributed by atoms with van der Waals surface area (Å²) in [6.07, 6.45) is 0. The maximum absolute atomic E-state index is 9.15. The molecular formula is C15H22BrN3. The molecule has 0 amide bonds. The molecular weight excluding hydrogens is 302 g/mol. The number of nitrogens with zero attached hydrogens (tertiary/aromatic N) is 2. The fraction of sp³-hybridized carbons (Fsp3) is 0.533. The summed E-state index contributed by atoms with van der Waals surface area (Å²) in [5.41, 5.74) is 1.56. The molecule has 19 heavy (non-hydrogen) atoms. The van der Waals surface area contributed by atoms with Crippen LogP contribution in [-0.2, 0) is 0 Å². The third-order valence-corrected chi connectivity index (χ3v) is 3.80. The number of anilines is 1. The second kappa shape index (κ2) is 7.52. The van der Waals surface area contributed by atoms with Gasteiger partial charge >= 0.3 is 0 Å². The van der Waals surface area contributed by atoms with E-state index in [1.54, 1.807) is 0 Å². The number of hydrogen-bond acceptors (Lipinski definition) is 3. The molecule has 1 N–H and O–H groups in total. The molecule has 0 aromatic heterocycles. The lowest BCUT2D eigenvalue weighted by Gasteiger charge is -2.30. The molecule has 0 fully saturated rings. The standard InChI is InChI=1S/C15H22BrN3/c1-11(2)19(12(3)4)9-8-18-15-7-5-6-14(16)13(15)10-17/h5-7,11-12,18H,8-9H2,1-4H3. The zero-order valence-electron chi connectivity index (χ0n) is 12.1. The number of benzene rings is 1. The Morgan fingerprint density at radius 3 is 2.42 bits per heavy atom. The highest BCUT2D eigenvalue weighted by molar-refractivity contribution is 9.10. The Labute approximate surface area is 124 Å². The highest BCUT2D eigenvalue weighted by Crippen LogP contribution is 2.23. The van der Waals surface area contributed by atoms with Gasteiger partial charge in [0, 0.05) is 29.6 Å². The van der Waals surface area contributed by atoms with E-state index in [0.29, 0.717) is 17.6 Å². The predicted octanol–water partition coefficient (Wildman–Crippen LogP) is 3.85. The number of halogens is 1. The lowest BCUT2D eigenvalue weighted by atomic mass is 10.2. The fourth-order valence-electron chi connectivity index (χ4n) is 2.22. The topological polar surface area (TPSA) is 39.1 Å². The van der Waals surface area contributed by atoms with Gasteiger partial charge < -0.3 is 5.32 Å². The van der Waals surface area contributed by atoms with E-state index in [2.05, 4.69) is 59.9 Å². The molecule has 0 bridgehead atoms. The van der Waals surface area contributed by atoms with Gasteiger partial charge in [-0.15, -0.1) is 0 Å². The van der Waals surface area contributed by atoms with Crippen molar-refractivity contribution in [3.63, 3.8) is 0 Å². The summed E-state index contributed by atoms with van der Waals surface area (Å²) in [6, 6.07) is 9.05. The second-order valence-electron chi connectivity index (χ2n) is 5.13. The van der Waals surface area contributed by atoms with Crippen LogP contribution in [0.25, 0.3) is 0 Å². The molecule has 0 aliphatic rings. The van der Waals surface area contributed by atoms with Crippen molar-refractivity contribution in [3.8, 4) is 6.07 Å². The summed E-state index contributed by atoms with van der Waals surface area (Å²) < 4.78 is 0.838. The minimum atomic E-state index is 0.528. The number of rotatable bonds is 6. The first kappa shape index (κ1) is 16.0. The van der Waals surface area contributed by atoms with Crippen molar-refractivity contribution < 1.29 is 0 Å². The van der Waals surface area contributed by atoms with Crippen LogP contribution in [0, 0.1) is 11.3 Å². The summed E-state index contributed by atoms with van der Waals surface area (Å²) in [4.78, 5) is 2.43. The lowest BCUT2D eigenvalue weighted by molar-refractivity contribution is 0.182. The van der Waals surface area contributed by atoms with Crippen molar-refractivity contribution in [3.05, 3.63) is 28.2 Å². The van der Waals surface area contributed by atoms with Gasteiger partial charge in [0.1, 0.15) is 6.07 Å². The van der Waals surface area contributed by atoms with Gasteiger partial charge in [0.15, 0.2) is 0 Å². The highest BCUT2D eigenvalue weighted by atomic mass is 79.9. The molecule has 3 nitrogen and oxygen atoms in total. The van der Waals surface area contributed by atoms with Gasteiger partial charge in [0.25, 0.3) is 0 Å². The van der Waals surface area contributed by atoms with Crippen molar-refractivity contribution in [1.29, 1.82) is 5.26 Å². The smallest absolute Gasteiger partial charge is 0.103 e. The van der Waals surface area contributed by atoms with Crippen LogP contribution in [0.1, 0.15) is 33.3 Å². The van der Waals surface area contributed by atoms with E-state index < -0.39 is 0 Å². The Hall–Kier alpha value is -1.05. The van der Waals surface area contributed by atoms with Gasteiger partial charge in [-0.25, -0.2) is 0 Å². The second-order valence-corrected chi connectivity index (χ2v) is 5.98. The Balaban J connectivity index is 2.63. The summed E-state index contributed by atoms with van der Waals surface area (Å²) in [5.74, 6) is 0. The van der Waals surface area contributed by atoms with Crippen molar-refractivity contribution in [1.82, 2.24) is 4.90 Å². The van der Waals surface area contributed by atoms with Gasteiger partial charge in [0.05, 0.1) is 11.3 Å². The Bertz CT molecular complexity index is 441. The van der Waals surface area contributed by atoms with E-state index in [1.807, 2.05) is 18.2 Å². The average Bonchev–Trinajstić information content (AvgIpc) is 2.33. The van der Waals surface area contributed by atoms with Crippen molar-refractivity contribution >= 4 is 21.6 Å². The fourth-order valence-corrected chi connectivity index (χ4v) is 2.67. The maximum atomic E-state index is 9.15. The summed E-state index contributed by atoms with van der Waals surface area (Å²) in [6.45, 7) is 10.6. The van der Waals surface area contributed by atoms with E-state index in [4.69, 9.17) is 5.26 Å². The van der Waals surface area contributed by atoms with Crippen molar-refractivity contribution in [2.45, 2.75) is 39.8 Å². The minimum absolute atomic E-state index is 0.528. The van der Waals surface area contributed by atoms with Crippen LogP contribution in [0.2, 0.25) is 0 Å². The quantitative estimate of drug-likeness (QED) is 0.864. The summed E-state index contributed by atoms with van der Waals surface area (Å²) in [5, 5.41) is 12.5. The van der Waals surface area contributed by atoms with Gasteiger partial charge in [-0.2, -0.15) is 5.26 Å². The molecule has 0 heterocycles.